The summed E-state index contributed by atoms with van der Waals surface area (Å²) in [6, 6.07) is 7.70. The lowest BCUT2D eigenvalue weighted by molar-refractivity contribution is -0.151. The Labute approximate surface area is 149 Å². The summed E-state index contributed by atoms with van der Waals surface area (Å²) in [4.78, 5) is 37.0. The maximum absolute atomic E-state index is 12.5. The third-order valence-electron chi connectivity index (χ3n) is 5.30. The minimum Gasteiger partial charge on any atom is -0.389 e. The largest absolute Gasteiger partial charge is 0.389 e. The molecule has 136 valence electrons. The van der Waals surface area contributed by atoms with Crippen LogP contribution in [0.4, 0.5) is 0 Å². The first-order chi connectivity index (χ1) is 11.4. The molecule has 1 saturated carbocycles. The minimum atomic E-state index is -1.44. The van der Waals surface area contributed by atoms with E-state index in [0.717, 1.165) is 11.1 Å². The Morgan fingerprint density at radius 2 is 1.60 bits per heavy atom. The number of benzene rings is 1. The molecular weight excluding hydrogens is 316 g/mol. The van der Waals surface area contributed by atoms with Gasteiger partial charge < -0.3 is 5.11 Å². The molecule has 0 aliphatic heterocycles. The molecule has 1 aromatic rings. The first-order valence-corrected chi connectivity index (χ1v) is 8.72. The van der Waals surface area contributed by atoms with E-state index < -0.39 is 23.4 Å². The van der Waals surface area contributed by atoms with E-state index in [1.807, 2.05) is 24.3 Å². The van der Waals surface area contributed by atoms with Crippen LogP contribution in [0.1, 0.15) is 65.0 Å². The Morgan fingerprint density at radius 1 is 1.08 bits per heavy atom. The highest BCUT2D eigenvalue weighted by Gasteiger charge is 2.53. The predicted octanol–water partition coefficient (Wildman–Crippen LogP) is 3.20. The fourth-order valence-electron chi connectivity index (χ4n) is 4.11. The quantitative estimate of drug-likeness (QED) is 0.855. The smallest absolute Gasteiger partial charge is 0.146 e. The second kappa shape index (κ2) is 6.49. The Bertz CT molecular complexity index is 692. The number of ketones is 3. The van der Waals surface area contributed by atoms with Crippen molar-refractivity contribution in [1.82, 2.24) is 0 Å². The van der Waals surface area contributed by atoms with Crippen molar-refractivity contribution in [2.75, 3.05) is 0 Å². The Hall–Kier alpha value is -1.81. The first-order valence-electron chi connectivity index (χ1n) is 8.72. The average molecular weight is 344 g/mol. The van der Waals surface area contributed by atoms with Crippen molar-refractivity contribution in [2.24, 2.45) is 11.8 Å². The second-order valence-electron chi connectivity index (χ2n) is 8.57. The van der Waals surface area contributed by atoms with Crippen LogP contribution >= 0.6 is 0 Å². The Balaban J connectivity index is 2.59. The van der Waals surface area contributed by atoms with E-state index in [4.69, 9.17) is 0 Å². The lowest BCUT2D eigenvalue weighted by Gasteiger charge is -2.44. The number of rotatable bonds is 3. The van der Waals surface area contributed by atoms with Crippen molar-refractivity contribution in [2.45, 2.75) is 64.9 Å². The highest BCUT2D eigenvalue weighted by molar-refractivity contribution is 6.05. The van der Waals surface area contributed by atoms with E-state index in [1.165, 1.54) is 20.8 Å². The molecule has 2 rings (SSSR count). The van der Waals surface area contributed by atoms with Crippen LogP contribution in [-0.4, -0.2) is 28.1 Å². The summed E-state index contributed by atoms with van der Waals surface area (Å²) in [7, 11) is 0. The van der Waals surface area contributed by atoms with E-state index in [0.29, 0.717) is 0 Å². The van der Waals surface area contributed by atoms with Gasteiger partial charge in [0, 0.05) is 12.3 Å². The van der Waals surface area contributed by atoms with Gasteiger partial charge in [0.15, 0.2) is 0 Å². The molecule has 1 aromatic carbocycles. The van der Waals surface area contributed by atoms with Gasteiger partial charge in [-0.1, -0.05) is 45.0 Å². The third kappa shape index (κ3) is 3.74. The maximum Gasteiger partial charge on any atom is 0.146 e. The molecule has 0 spiro atoms. The van der Waals surface area contributed by atoms with Gasteiger partial charge in [-0.05, 0) is 37.3 Å². The van der Waals surface area contributed by atoms with Crippen molar-refractivity contribution in [3.05, 3.63) is 35.4 Å². The molecule has 0 saturated heterocycles. The zero-order valence-electron chi connectivity index (χ0n) is 15.9. The van der Waals surface area contributed by atoms with Crippen LogP contribution in [0.5, 0.6) is 0 Å². The highest BCUT2D eigenvalue weighted by atomic mass is 16.3. The maximum atomic E-state index is 12.5. The van der Waals surface area contributed by atoms with Gasteiger partial charge in [-0.25, -0.2) is 0 Å². The zero-order chi connectivity index (χ0) is 19.2. The molecular formula is C21H28O4. The standard InChI is InChI=1S/C21H28O4/c1-12(22)17-16(24)11-21(6,25)19(13(2)23)18(17)14-7-9-15(10-8-14)20(3,4)5/h7-10,17-19,25H,11H2,1-6H3. The van der Waals surface area contributed by atoms with Crippen LogP contribution in [0.3, 0.4) is 0 Å². The van der Waals surface area contributed by atoms with Crippen LogP contribution in [0.2, 0.25) is 0 Å². The molecule has 0 radical (unpaired) electrons. The lowest BCUT2D eigenvalue weighted by Crippen LogP contribution is -2.53. The summed E-state index contributed by atoms with van der Waals surface area (Å²) < 4.78 is 0. The summed E-state index contributed by atoms with van der Waals surface area (Å²) in [6.07, 6.45) is -0.169. The predicted molar refractivity (Wildman–Crippen MR) is 96.5 cm³/mol. The van der Waals surface area contributed by atoms with Crippen LogP contribution in [0, 0.1) is 11.8 Å². The number of carbonyl (C=O) groups is 3. The third-order valence-corrected chi connectivity index (χ3v) is 5.30. The van der Waals surface area contributed by atoms with E-state index >= 15 is 0 Å². The normalized spacial score (nSPS) is 30.2. The molecule has 4 unspecified atom stereocenters. The Kier molecular flexibility index (Phi) is 5.06. The first kappa shape index (κ1) is 19.5. The van der Waals surface area contributed by atoms with Crippen LogP contribution in [-0.2, 0) is 19.8 Å². The fraction of sp³-hybridized carbons (Fsp3) is 0.571. The van der Waals surface area contributed by atoms with Crippen molar-refractivity contribution in [1.29, 1.82) is 0 Å². The van der Waals surface area contributed by atoms with Crippen LogP contribution in [0.25, 0.3) is 0 Å². The summed E-state index contributed by atoms with van der Waals surface area (Å²) in [5, 5.41) is 10.7. The number of Topliss-reactive ketones (excluding diaryl/α,β-unsaturated/α-hetero) is 3. The van der Waals surface area contributed by atoms with Gasteiger partial charge >= 0.3 is 0 Å². The zero-order valence-corrected chi connectivity index (χ0v) is 15.9. The summed E-state index contributed by atoms with van der Waals surface area (Å²) in [5.41, 5.74) is 0.417. The van der Waals surface area contributed by atoms with E-state index in [-0.39, 0.29) is 29.2 Å². The van der Waals surface area contributed by atoms with E-state index in [9.17, 15) is 19.5 Å². The number of carbonyl (C=O) groups excluding carboxylic acids is 3. The van der Waals surface area contributed by atoms with Gasteiger partial charge in [-0.2, -0.15) is 0 Å². The molecule has 25 heavy (non-hydrogen) atoms. The molecule has 0 amide bonds. The molecule has 0 aromatic heterocycles. The lowest BCUT2D eigenvalue weighted by atomic mass is 9.59. The summed E-state index contributed by atoms with van der Waals surface area (Å²) in [6.45, 7) is 10.6. The van der Waals surface area contributed by atoms with Crippen molar-refractivity contribution >= 4 is 17.3 Å². The highest BCUT2D eigenvalue weighted by Crippen LogP contribution is 2.46. The molecule has 0 heterocycles. The molecule has 4 heteroatoms. The van der Waals surface area contributed by atoms with Crippen LogP contribution < -0.4 is 0 Å². The molecule has 1 fully saturated rings. The van der Waals surface area contributed by atoms with Gasteiger partial charge in [0.25, 0.3) is 0 Å². The van der Waals surface area contributed by atoms with Crippen molar-refractivity contribution in [3.8, 4) is 0 Å². The van der Waals surface area contributed by atoms with Crippen LogP contribution in [0.15, 0.2) is 24.3 Å². The van der Waals surface area contributed by atoms with Gasteiger partial charge in [0.05, 0.1) is 17.4 Å². The van der Waals surface area contributed by atoms with Crippen molar-refractivity contribution in [3.63, 3.8) is 0 Å². The Morgan fingerprint density at radius 3 is 2.00 bits per heavy atom. The summed E-state index contributed by atoms with van der Waals surface area (Å²) >= 11 is 0. The van der Waals surface area contributed by atoms with E-state index in [2.05, 4.69) is 20.8 Å². The fourth-order valence-corrected chi connectivity index (χ4v) is 4.11. The molecule has 1 aliphatic rings. The molecule has 4 nitrogen and oxygen atoms in total. The molecule has 4 atom stereocenters. The number of hydrogen-bond acceptors (Lipinski definition) is 4. The number of aliphatic hydroxyl groups is 1. The van der Waals surface area contributed by atoms with Gasteiger partial charge in [-0.15, -0.1) is 0 Å². The molecule has 0 bridgehead atoms. The minimum absolute atomic E-state index is 0.0215. The monoisotopic (exact) mass is 344 g/mol. The second-order valence-corrected chi connectivity index (χ2v) is 8.57. The number of hydrogen-bond donors (Lipinski definition) is 1. The van der Waals surface area contributed by atoms with Gasteiger partial charge in [-0.3, -0.25) is 14.4 Å². The van der Waals surface area contributed by atoms with Gasteiger partial charge in [0.1, 0.15) is 17.3 Å². The average Bonchev–Trinajstić information content (AvgIpc) is 2.43. The topological polar surface area (TPSA) is 71.4 Å². The van der Waals surface area contributed by atoms with Crippen molar-refractivity contribution < 1.29 is 19.5 Å². The molecule has 1 N–H and O–H groups in total. The van der Waals surface area contributed by atoms with E-state index in [1.54, 1.807) is 0 Å². The van der Waals surface area contributed by atoms with Gasteiger partial charge in [0.2, 0.25) is 0 Å². The SMILES string of the molecule is CC(=O)C1C(=O)CC(C)(O)C(C(C)=O)C1c1ccc(C(C)(C)C)cc1. The summed E-state index contributed by atoms with van der Waals surface area (Å²) in [5.74, 6) is -3.03. The molecule has 1 aliphatic carbocycles.